The summed E-state index contributed by atoms with van der Waals surface area (Å²) in [5.74, 6) is 0.263. The molecule has 1 amide bonds. The van der Waals surface area contributed by atoms with E-state index in [9.17, 15) is 4.79 Å². The van der Waals surface area contributed by atoms with Gasteiger partial charge in [-0.05, 0) is 42.5 Å². The summed E-state index contributed by atoms with van der Waals surface area (Å²) < 4.78 is 6.20. The normalized spacial score (nSPS) is 10.2. The number of anilines is 2. The first-order valence-corrected chi connectivity index (χ1v) is 7.19. The van der Waals surface area contributed by atoms with E-state index in [1.54, 1.807) is 12.1 Å². The first-order valence-electron chi connectivity index (χ1n) is 6.39. The highest BCUT2D eigenvalue weighted by molar-refractivity contribution is 9.10. The lowest BCUT2D eigenvalue weighted by Gasteiger charge is -2.11. The fraction of sp³-hybridized carbons (Fsp3) is 0.133. The van der Waals surface area contributed by atoms with Crippen molar-refractivity contribution in [3.63, 3.8) is 0 Å². The Morgan fingerprint density at radius 1 is 1.19 bits per heavy atom. The van der Waals surface area contributed by atoms with Crippen molar-refractivity contribution in [1.29, 1.82) is 0 Å². The Morgan fingerprint density at radius 3 is 2.52 bits per heavy atom. The Hall–Kier alpha value is -2.05. The standard InChI is InChI=1S/C15H16BrN3O2/c16-10-1-6-14(13(9-10)15(18)20)19-11-2-4-12(5-3-11)21-8-7-17/h1-6,9,19H,7-8,17H2,(H2,18,20). The quantitative estimate of drug-likeness (QED) is 0.747. The summed E-state index contributed by atoms with van der Waals surface area (Å²) >= 11 is 3.32. The smallest absolute Gasteiger partial charge is 0.250 e. The molecular weight excluding hydrogens is 334 g/mol. The second-order valence-corrected chi connectivity index (χ2v) is 5.26. The zero-order valence-corrected chi connectivity index (χ0v) is 12.9. The van der Waals surface area contributed by atoms with Crippen LogP contribution in [0.3, 0.4) is 0 Å². The second kappa shape index (κ2) is 7.10. The number of nitrogens with two attached hydrogens (primary N) is 2. The number of primary amides is 1. The maximum atomic E-state index is 11.5. The Labute approximate surface area is 131 Å². The predicted octanol–water partition coefficient (Wildman–Crippen LogP) is 2.63. The molecule has 0 aliphatic heterocycles. The maximum absolute atomic E-state index is 11.5. The van der Waals surface area contributed by atoms with E-state index in [2.05, 4.69) is 21.2 Å². The molecule has 0 heterocycles. The van der Waals surface area contributed by atoms with Crippen LogP contribution >= 0.6 is 15.9 Å². The number of rotatable bonds is 6. The highest BCUT2D eigenvalue weighted by atomic mass is 79.9. The zero-order chi connectivity index (χ0) is 15.2. The molecule has 0 spiro atoms. The zero-order valence-electron chi connectivity index (χ0n) is 11.3. The van der Waals surface area contributed by atoms with Crippen molar-refractivity contribution in [1.82, 2.24) is 0 Å². The van der Waals surface area contributed by atoms with E-state index >= 15 is 0 Å². The SMILES string of the molecule is NCCOc1ccc(Nc2ccc(Br)cc2C(N)=O)cc1. The Kier molecular flexibility index (Phi) is 5.19. The van der Waals surface area contributed by atoms with E-state index in [-0.39, 0.29) is 0 Å². The Balaban J connectivity index is 2.16. The van der Waals surface area contributed by atoms with Gasteiger partial charge in [0.25, 0.3) is 5.91 Å². The van der Waals surface area contributed by atoms with Crippen LogP contribution in [0.5, 0.6) is 5.75 Å². The fourth-order valence-corrected chi connectivity index (χ4v) is 2.16. The summed E-state index contributed by atoms with van der Waals surface area (Å²) in [6.45, 7) is 0.951. The second-order valence-electron chi connectivity index (χ2n) is 4.34. The molecule has 0 aliphatic rings. The average molecular weight is 350 g/mol. The van der Waals surface area contributed by atoms with Gasteiger partial charge >= 0.3 is 0 Å². The average Bonchev–Trinajstić information content (AvgIpc) is 2.48. The van der Waals surface area contributed by atoms with Crippen molar-refractivity contribution < 1.29 is 9.53 Å². The Bertz CT molecular complexity index is 629. The molecule has 0 atom stereocenters. The topological polar surface area (TPSA) is 90.4 Å². The van der Waals surface area contributed by atoms with Crippen LogP contribution in [-0.2, 0) is 0 Å². The fourth-order valence-electron chi connectivity index (χ4n) is 1.80. The van der Waals surface area contributed by atoms with Crippen LogP contribution in [0.25, 0.3) is 0 Å². The number of carbonyl (C=O) groups is 1. The molecule has 0 saturated carbocycles. The van der Waals surface area contributed by atoms with Crippen LogP contribution < -0.4 is 21.5 Å². The largest absolute Gasteiger partial charge is 0.492 e. The summed E-state index contributed by atoms with van der Waals surface area (Å²) in [5, 5.41) is 3.16. The summed E-state index contributed by atoms with van der Waals surface area (Å²) in [6, 6.07) is 12.7. The third-order valence-electron chi connectivity index (χ3n) is 2.77. The number of benzene rings is 2. The summed E-state index contributed by atoms with van der Waals surface area (Å²) in [7, 11) is 0. The van der Waals surface area contributed by atoms with Gasteiger partial charge in [0.15, 0.2) is 0 Å². The molecule has 110 valence electrons. The third kappa shape index (κ3) is 4.21. The Morgan fingerprint density at radius 2 is 1.90 bits per heavy atom. The molecule has 0 fully saturated rings. The van der Waals surface area contributed by atoms with E-state index in [0.29, 0.717) is 24.4 Å². The summed E-state index contributed by atoms with van der Waals surface area (Å²) in [5.41, 5.74) is 12.7. The molecule has 21 heavy (non-hydrogen) atoms. The van der Waals surface area contributed by atoms with Gasteiger partial charge < -0.3 is 21.5 Å². The van der Waals surface area contributed by atoms with Crippen LogP contribution in [0.4, 0.5) is 11.4 Å². The van der Waals surface area contributed by atoms with Crippen LogP contribution in [0, 0.1) is 0 Å². The molecule has 0 radical (unpaired) electrons. The molecule has 0 saturated heterocycles. The van der Waals surface area contributed by atoms with Gasteiger partial charge in [0.1, 0.15) is 12.4 Å². The lowest BCUT2D eigenvalue weighted by Crippen LogP contribution is -2.13. The molecule has 2 rings (SSSR count). The lowest BCUT2D eigenvalue weighted by atomic mass is 10.1. The van der Waals surface area contributed by atoms with Crippen molar-refractivity contribution in [2.24, 2.45) is 11.5 Å². The number of hydrogen-bond acceptors (Lipinski definition) is 4. The van der Waals surface area contributed by atoms with Gasteiger partial charge in [-0.2, -0.15) is 0 Å². The summed E-state index contributed by atoms with van der Waals surface area (Å²) in [6.07, 6.45) is 0. The number of nitrogens with one attached hydrogen (secondary N) is 1. The number of ether oxygens (including phenoxy) is 1. The van der Waals surface area contributed by atoms with E-state index in [4.69, 9.17) is 16.2 Å². The van der Waals surface area contributed by atoms with E-state index < -0.39 is 5.91 Å². The van der Waals surface area contributed by atoms with E-state index in [1.807, 2.05) is 30.3 Å². The van der Waals surface area contributed by atoms with Gasteiger partial charge in [-0.25, -0.2) is 0 Å². The van der Waals surface area contributed by atoms with Gasteiger partial charge in [0.05, 0.1) is 11.3 Å². The maximum Gasteiger partial charge on any atom is 0.250 e. The highest BCUT2D eigenvalue weighted by Crippen LogP contribution is 2.25. The van der Waals surface area contributed by atoms with Crippen LogP contribution in [0.15, 0.2) is 46.9 Å². The van der Waals surface area contributed by atoms with Crippen molar-refractivity contribution in [3.8, 4) is 5.75 Å². The van der Waals surface area contributed by atoms with Gasteiger partial charge in [-0.1, -0.05) is 15.9 Å². The van der Waals surface area contributed by atoms with E-state index in [1.165, 1.54) is 0 Å². The molecule has 0 bridgehead atoms. The molecule has 5 nitrogen and oxygen atoms in total. The minimum atomic E-state index is -0.485. The van der Waals surface area contributed by atoms with Gasteiger partial charge in [0.2, 0.25) is 0 Å². The minimum absolute atomic E-state index is 0.424. The first kappa shape index (κ1) is 15.3. The lowest BCUT2D eigenvalue weighted by molar-refractivity contribution is 0.100. The molecule has 0 aliphatic carbocycles. The van der Waals surface area contributed by atoms with Crippen molar-refractivity contribution in [2.75, 3.05) is 18.5 Å². The number of carbonyl (C=O) groups excluding carboxylic acids is 1. The van der Waals surface area contributed by atoms with Gasteiger partial charge in [-0.3, -0.25) is 4.79 Å². The molecule has 0 unspecified atom stereocenters. The highest BCUT2D eigenvalue weighted by Gasteiger charge is 2.09. The van der Waals surface area contributed by atoms with Crippen molar-refractivity contribution >= 4 is 33.2 Å². The van der Waals surface area contributed by atoms with Crippen LogP contribution in [-0.4, -0.2) is 19.1 Å². The molecule has 2 aromatic carbocycles. The number of amides is 1. The number of halogens is 1. The summed E-state index contributed by atoms with van der Waals surface area (Å²) in [4.78, 5) is 11.5. The van der Waals surface area contributed by atoms with Crippen molar-refractivity contribution in [3.05, 3.63) is 52.5 Å². The van der Waals surface area contributed by atoms with E-state index in [0.717, 1.165) is 15.9 Å². The molecular formula is C15H16BrN3O2. The molecule has 5 N–H and O–H groups in total. The minimum Gasteiger partial charge on any atom is -0.492 e. The van der Waals surface area contributed by atoms with Gasteiger partial charge in [-0.15, -0.1) is 0 Å². The molecule has 6 heteroatoms. The first-order chi connectivity index (χ1) is 10.1. The number of hydrogen-bond donors (Lipinski definition) is 3. The predicted molar refractivity (Wildman–Crippen MR) is 86.9 cm³/mol. The van der Waals surface area contributed by atoms with Crippen molar-refractivity contribution in [2.45, 2.75) is 0 Å². The third-order valence-corrected chi connectivity index (χ3v) is 3.26. The molecule has 0 aromatic heterocycles. The van der Waals surface area contributed by atoms with Crippen LogP contribution in [0.2, 0.25) is 0 Å². The molecule has 2 aromatic rings. The van der Waals surface area contributed by atoms with Crippen LogP contribution in [0.1, 0.15) is 10.4 Å². The van der Waals surface area contributed by atoms with Gasteiger partial charge in [0, 0.05) is 16.7 Å². The monoisotopic (exact) mass is 349 g/mol.